The number of carboxylic acid groups (broad SMARTS) is 1. The van der Waals surface area contributed by atoms with E-state index in [9.17, 15) is 4.79 Å². The second-order valence-electron chi connectivity index (χ2n) is 4.03. The maximum atomic E-state index is 11.0. The van der Waals surface area contributed by atoms with Crippen LogP contribution in [0.25, 0.3) is 0 Å². The molecule has 0 amide bonds. The van der Waals surface area contributed by atoms with E-state index in [1.807, 2.05) is 29.8 Å². The van der Waals surface area contributed by atoms with Crippen LogP contribution in [-0.4, -0.2) is 32.7 Å². The molecule has 7 heteroatoms. The Kier molecular flexibility index (Phi) is 3.33. The van der Waals surface area contributed by atoms with Crippen LogP contribution in [0.1, 0.15) is 21.2 Å². The third-order valence-electron chi connectivity index (χ3n) is 2.61. The quantitative estimate of drug-likeness (QED) is 0.908. The van der Waals surface area contributed by atoms with Gasteiger partial charge in [-0.05, 0) is 6.92 Å². The highest BCUT2D eigenvalue weighted by molar-refractivity contribution is 7.17. The largest absolute Gasteiger partial charge is 0.477 e. The number of anilines is 1. The van der Waals surface area contributed by atoms with E-state index in [0.717, 1.165) is 5.82 Å². The van der Waals surface area contributed by atoms with Crippen LogP contribution in [0, 0.1) is 6.92 Å². The standard InChI is InChI=1S/C11H14N4O2S/c1-7-9(10(16)17)18-11(13-7)15(3)6-8-12-4-5-14(8)2/h4-5H,6H2,1-3H3,(H,16,17). The zero-order chi connectivity index (χ0) is 13.3. The van der Waals surface area contributed by atoms with E-state index in [-0.39, 0.29) is 4.88 Å². The van der Waals surface area contributed by atoms with Crippen molar-refractivity contribution in [2.24, 2.45) is 7.05 Å². The van der Waals surface area contributed by atoms with Crippen molar-refractivity contribution in [3.63, 3.8) is 0 Å². The Morgan fingerprint density at radius 1 is 1.61 bits per heavy atom. The summed E-state index contributed by atoms with van der Waals surface area (Å²) in [4.78, 5) is 21.6. The second-order valence-corrected chi connectivity index (χ2v) is 5.00. The molecule has 0 fully saturated rings. The van der Waals surface area contributed by atoms with Crippen molar-refractivity contribution in [3.8, 4) is 0 Å². The molecule has 0 radical (unpaired) electrons. The molecule has 2 heterocycles. The molecule has 0 unspecified atom stereocenters. The lowest BCUT2D eigenvalue weighted by Gasteiger charge is -2.14. The van der Waals surface area contributed by atoms with E-state index in [1.54, 1.807) is 13.1 Å². The van der Waals surface area contributed by atoms with Crippen LogP contribution >= 0.6 is 11.3 Å². The molecule has 1 N–H and O–H groups in total. The fraction of sp³-hybridized carbons (Fsp3) is 0.364. The molecular weight excluding hydrogens is 252 g/mol. The first-order chi connectivity index (χ1) is 8.49. The van der Waals surface area contributed by atoms with Gasteiger partial charge in [0, 0.05) is 26.5 Å². The maximum absolute atomic E-state index is 11.0. The number of hydrogen-bond acceptors (Lipinski definition) is 5. The van der Waals surface area contributed by atoms with E-state index in [0.29, 0.717) is 17.4 Å². The minimum atomic E-state index is -0.929. The van der Waals surface area contributed by atoms with Crippen LogP contribution in [0.3, 0.4) is 0 Å². The maximum Gasteiger partial charge on any atom is 0.347 e. The van der Waals surface area contributed by atoms with Crippen molar-refractivity contribution in [2.75, 3.05) is 11.9 Å². The first-order valence-corrected chi connectivity index (χ1v) is 6.18. The van der Waals surface area contributed by atoms with Crippen LogP contribution in [0.15, 0.2) is 12.4 Å². The van der Waals surface area contributed by atoms with Gasteiger partial charge in [-0.2, -0.15) is 0 Å². The van der Waals surface area contributed by atoms with Gasteiger partial charge < -0.3 is 14.6 Å². The van der Waals surface area contributed by atoms with Gasteiger partial charge in [0.1, 0.15) is 10.7 Å². The van der Waals surface area contributed by atoms with E-state index < -0.39 is 5.97 Å². The van der Waals surface area contributed by atoms with Crippen LogP contribution in [0.5, 0.6) is 0 Å². The smallest absolute Gasteiger partial charge is 0.347 e. The lowest BCUT2D eigenvalue weighted by Crippen LogP contribution is -2.18. The van der Waals surface area contributed by atoms with Gasteiger partial charge in [-0.15, -0.1) is 0 Å². The molecular formula is C11H14N4O2S. The van der Waals surface area contributed by atoms with Crippen molar-refractivity contribution in [1.29, 1.82) is 0 Å². The van der Waals surface area contributed by atoms with Crippen LogP contribution < -0.4 is 4.90 Å². The minimum absolute atomic E-state index is 0.289. The van der Waals surface area contributed by atoms with E-state index in [1.165, 1.54) is 11.3 Å². The summed E-state index contributed by atoms with van der Waals surface area (Å²) in [5.41, 5.74) is 0.550. The lowest BCUT2D eigenvalue weighted by molar-refractivity contribution is 0.0701. The van der Waals surface area contributed by atoms with Gasteiger partial charge in [-0.25, -0.2) is 14.8 Å². The molecule has 18 heavy (non-hydrogen) atoms. The number of thiazole rings is 1. The Labute approximate surface area is 109 Å². The Morgan fingerprint density at radius 2 is 2.33 bits per heavy atom. The van der Waals surface area contributed by atoms with Crippen molar-refractivity contribution >= 4 is 22.4 Å². The number of carbonyl (C=O) groups is 1. The summed E-state index contributed by atoms with van der Waals surface area (Å²) >= 11 is 1.18. The van der Waals surface area contributed by atoms with Crippen molar-refractivity contribution < 1.29 is 9.90 Å². The molecule has 0 aliphatic heterocycles. The minimum Gasteiger partial charge on any atom is -0.477 e. The fourth-order valence-electron chi connectivity index (χ4n) is 1.57. The van der Waals surface area contributed by atoms with Crippen LogP contribution in [0.2, 0.25) is 0 Å². The molecule has 2 rings (SSSR count). The summed E-state index contributed by atoms with van der Waals surface area (Å²) in [6.45, 7) is 2.30. The highest BCUT2D eigenvalue weighted by atomic mass is 32.1. The van der Waals surface area contributed by atoms with Gasteiger partial charge in [0.05, 0.1) is 12.2 Å². The van der Waals surface area contributed by atoms with Gasteiger partial charge in [-0.1, -0.05) is 11.3 Å². The second kappa shape index (κ2) is 4.77. The Bertz CT molecular complexity index is 575. The van der Waals surface area contributed by atoms with Crippen molar-refractivity contribution in [3.05, 3.63) is 28.8 Å². The molecule has 0 spiro atoms. The predicted octanol–water partition coefficient (Wildman–Crippen LogP) is 1.52. The SMILES string of the molecule is Cc1nc(N(C)Cc2nccn2C)sc1C(=O)O. The number of aromatic nitrogens is 3. The molecule has 0 saturated heterocycles. The number of nitrogens with zero attached hydrogens (tertiary/aromatic N) is 4. The van der Waals surface area contributed by atoms with E-state index in [2.05, 4.69) is 9.97 Å². The number of rotatable bonds is 4. The summed E-state index contributed by atoms with van der Waals surface area (Å²) < 4.78 is 1.93. The fourth-order valence-corrected chi connectivity index (χ4v) is 2.44. The summed E-state index contributed by atoms with van der Waals surface area (Å²) in [7, 11) is 3.80. The molecule has 6 nitrogen and oxygen atoms in total. The van der Waals surface area contributed by atoms with Gasteiger partial charge in [0.2, 0.25) is 0 Å². The monoisotopic (exact) mass is 266 g/mol. The summed E-state index contributed by atoms with van der Waals surface area (Å²) in [6.07, 6.45) is 3.61. The van der Waals surface area contributed by atoms with Crippen molar-refractivity contribution in [1.82, 2.24) is 14.5 Å². The molecule has 0 atom stereocenters. The molecule has 0 saturated carbocycles. The Morgan fingerprint density at radius 3 is 2.83 bits per heavy atom. The van der Waals surface area contributed by atoms with Gasteiger partial charge in [0.15, 0.2) is 5.13 Å². The molecule has 2 aromatic heterocycles. The number of aromatic carboxylic acids is 1. The Balaban J connectivity index is 2.19. The van der Waals surface area contributed by atoms with Crippen molar-refractivity contribution in [2.45, 2.75) is 13.5 Å². The normalized spacial score (nSPS) is 10.6. The molecule has 0 aliphatic carbocycles. The predicted molar refractivity (Wildman–Crippen MR) is 69.1 cm³/mol. The zero-order valence-corrected chi connectivity index (χ0v) is 11.2. The van der Waals surface area contributed by atoms with Gasteiger partial charge in [0.25, 0.3) is 0 Å². The highest BCUT2D eigenvalue weighted by Crippen LogP contribution is 2.25. The summed E-state index contributed by atoms with van der Waals surface area (Å²) in [5.74, 6) is -0.0242. The third-order valence-corrected chi connectivity index (χ3v) is 3.87. The number of aryl methyl sites for hydroxylation is 2. The average Bonchev–Trinajstić information content (AvgIpc) is 2.86. The third kappa shape index (κ3) is 2.35. The summed E-state index contributed by atoms with van der Waals surface area (Å²) in [5, 5.41) is 9.68. The Hall–Kier alpha value is -1.89. The van der Waals surface area contributed by atoms with Gasteiger partial charge in [-0.3, -0.25) is 0 Å². The molecule has 0 aliphatic rings. The average molecular weight is 266 g/mol. The molecule has 2 aromatic rings. The molecule has 0 aromatic carbocycles. The summed E-state index contributed by atoms with van der Waals surface area (Å²) in [6, 6.07) is 0. The topological polar surface area (TPSA) is 71.2 Å². The lowest BCUT2D eigenvalue weighted by atomic mass is 10.4. The number of imidazole rings is 1. The van der Waals surface area contributed by atoms with E-state index >= 15 is 0 Å². The molecule has 96 valence electrons. The first-order valence-electron chi connectivity index (χ1n) is 5.37. The van der Waals surface area contributed by atoms with Crippen LogP contribution in [0.4, 0.5) is 5.13 Å². The number of hydrogen-bond donors (Lipinski definition) is 1. The zero-order valence-electron chi connectivity index (χ0n) is 10.4. The molecule has 0 bridgehead atoms. The van der Waals surface area contributed by atoms with Crippen LogP contribution in [-0.2, 0) is 13.6 Å². The first kappa shape index (κ1) is 12.6. The highest BCUT2D eigenvalue weighted by Gasteiger charge is 2.17. The van der Waals surface area contributed by atoms with E-state index in [4.69, 9.17) is 5.11 Å². The number of carboxylic acids is 1. The van der Waals surface area contributed by atoms with Gasteiger partial charge >= 0.3 is 5.97 Å².